The Morgan fingerprint density at radius 3 is 1.68 bits per heavy atom. The Labute approximate surface area is 230 Å². The van der Waals surface area contributed by atoms with Crippen molar-refractivity contribution >= 4 is 41.2 Å². The summed E-state index contributed by atoms with van der Waals surface area (Å²) >= 11 is 0. The molecular weight excluding hydrogens is 518 g/mol. The van der Waals surface area contributed by atoms with Crippen molar-refractivity contribution in [1.82, 2.24) is 5.32 Å². The molecule has 11 heteroatoms. The van der Waals surface area contributed by atoms with Crippen molar-refractivity contribution < 1.29 is 38.2 Å². The van der Waals surface area contributed by atoms with E-state index in [4.69, 9.17) is 14.2 Å². The molecule has 0 aliphatic heterocycles. The van der Waals surface area contributed by atoms with Gasteiger partial charge in [-0.2, -0.15) is 0 Å². The number of alkyl carbamates (subject to hydrolysis) is 1. The molecular formula is C29H29N3O8. The van der Waals surface area contributed by atoms with Crippen LogP contribution in [0.25, 0.3) is 0 Å². The number of amides is 3. The summed E-state index contributed by atoms with van der Waals surface area (Å²) in [5.41, 5.74) is 1.79. The minimum atomic E-state index is -1.32. The second kappa shape index (κ2) is 15.9. The van der Waals surface area contributed by atoms with Crippen molar-refractivity contribution in [2.45, 2.75) is 25.5 Å². The van der Waals surface area contributed by atoms with Gasteiger partial charge in [-0.05, 0) is 36.2 Å². The number of carbonyl (C=O) groups excluding carboxylic acids is 5. The number of ether oxygens (including phenoxy) is 3. The number of hydrogen-bond donors (Lipinski definition) is 3. The van der Waals surface area contributed by atoms with Crippen LogP contribution in [0.2, 0.25) is 0 Å². The lowest BCUT2D eigenvalue weighted by atomic mass is 10.1. The highest BCUT2D eigenvalue weighted by atomic mass is 16.6. The van der Waals surface area contributed by atoms with Crippen LogP contribution in [0.15, 0.2) is 91.0 Å². The summed E-state index contributed by atoms with van der Waals surface area (Å²) < 4.78 is 15.2. The zero-order chi connectivity index (χ0) is 28.6. The van der Waals surface area contributed by atoms with E-state index in [1.807, 2.05) is 6.07 Å². The third-order valence-electron chi connectivity index (χ3n) is 5.25. The first-order chi connectivity index (χ1) is 19.4. The fourth-order valence-corrected chi connectivity index (χ4v) is 3.31. The van der Waals surface area contributed by atoms with Gasteiger partial charge in [0.15, 0.2) is 13.2 Å². The lowest BCUT2D eigenvalue weighted by Crippen LogP contribution is -2.43. The number of carbonyl (C=O) groups is 5. The number of esters is 2. The Hall–Kier alpha value is -5.19. The van der Waals surface area contributed by atoms with Crippen LogP contribution < -0.4 is 16.0 Å². The van der Waals surface area contributed by atoms with Gasteiger partial charge in [0.05, 0.1) is 0 Å². The zero-order valence-electron chi connectivity index (χ0n) is 21.5. The summed E-state index contributed by atoms with van der Waals surface area (Å²) in [4.78, 5) is 61.4. The first-order valence-electron chi connectivity index (χ1n) is 12.4. The number of nitrogens with one attached hydrogen (secondary N) is 3. The smallest absolute Gasteiger partial charge is 0.408 e. The van der Waals surface area contributed by atoms with Crippen LogP contribution in [0.1, 0.15) is 18.4 Å². The predicted molar refractivity (Wildman–Crippen MR) is 145 cm³/mol. The van der Waals surface area contributed by atoms with Gasteiger partial charge < -0.3 is 30.2 Å². The van der Waals surface area contributed by atoms with Crippen molar-refractivity contribution in [2.24, 2.45) is 0 Å². The molecule has 0 bridgehead atoms. The summed E-state index contributed by atoms with van der Waals surface area (Å²) in [6.45, 7) is -1.20. The molecule has 3 aromatic rings. The molecule has 3 rings (SSSR count). The van der Waals surface area contributed by atoms with Gasteiger partial charge in [-0.25, -0.2) is 9.59 Å². The summed E-state index contributed by atoms with van der Waals surface area (Å²) in [5, 5.41) is 7.51. The third kappa shape index (κ3) is 11.1. The molecule has 11 nitrogen and oxygen atoms in total. The van der Waals surface area contributed by atoms with Gasteiger partial charge in [-0.3, -0.25) is 14.4 Å². The van der Waals surface area contributed by atoms with E-state index < -0.39 is 49.1 Å². The van der Waals surface area contributed by atoms with Crippen LogP contribution in [0.4, 0.5) is 16.2 Å². The summed E-state index contributed by atoms with van der Waals surface area (Å²) in [7, 11) is 0. The zero-order valence-corrected chi connectivity index (χ0v) is 21.5. The molecule has 0 fully saturated rings. The van der Waals surface area contributed by atoms with E-state index in [1.165, 1.54) is 0 Å². The molecule has 0 heterocycles. The third-order valence-corrected chi connectivity index (χ3v) is 5.25. The molecule has 0 unspecified atom stereocenters. The van der Waals surface area contributed by atoms with E-state index in [0.717, 1.165) is 5.56 Å². The molecule has 0 aliphatic rings. The quantitative estimate of drug-likeness (QED) is 0.218. The van der Waals surface area contributed by atoms with E-state index in [-0.39, 0.29) is 19.4 Å². The number of benzene rings is 3. The highest BCUT2D eigenvalue weighted by molar-refractivity contribution is 5.94. The average Bonchev–Trinajstić information content (AvgIpc) is 2.97. The molecule has 1 atom stereocenters. The molecule has 0 radical (unpaired) electrons. The molecule has 0 aromatic heterocycles. The number of hydrogen-bond acceptors (Lipinski definition) is 8. The largest absolute Gasteiger partial charge is 0.456 e. The summed E-state index contributed by atoms with van der Waals surface area (Å²) in [6.07, 6.45) is -1.47. The van der Waals surface area contributed by atoms with Crippen LogP contribution in [-0.4, -0.2) is 49.1 Å². The van der Waals surface area contributed by atoms with Crippen LogP contribution >= 0.6 is 0 Å². The molecule has 208 valence electrons. The molecule has 3 amide bonds. The number of rotatable bonds is 13. The lowest BCUT2D eigenvalue weighted by molar-refractivity contribution is -0.151. The fraction of sp³-hybridized carbons (Fsp3) is 0.207. The first kappa shape index (κ1) is 29.4. The minimum absolute atomic E-state index is 0.0491. The summed E-state index contributed by atoms with van der Waals surface area (Å²) in [6, 6.07) is 24.8. The molecule has 0 saturated carbocycles. The van der Waals surface area contributed by atoms with E-state index in [2.05, 4.69) is 16.0 Å². The predicted octanol–water partition coefficient (Wildman–Crippen LogP) is 3.43. The molecule has 0 spiro atoms. The maximum absolute atomic E-state index is 12.7. The standard InChI is InChI=1S/C29H29N3O8/c33-25(30-22-12-6-2-7-13-22)19-38-27(35)17-16-24(32-29(37)40-18-21-10-4-1-5-11-21)28(36)39-20-26(34)31-23-14-8-3-9-15-23/h1-15,24H,16-20H2,(H,30,33)(H,31,34)(H,32,37)/t24-/m1/s1. The first-order valence-corrected chi connectivity index (χ1v) is 12.4. The maximum atomic E-state index is 12.7. The normalized spacial score (nSPS) is 10.9. The molecule has 3 aromatic carbocycles. The van der Waals surface area contributed by atoms with Crippen LogP contribution in [0, 0.1) is 0 Å². The van der Waals surface area contributed by atoms with Crippen molar-refractivity contribution in [3.05, 3.63) is 96.6 Å². The lowest BCUT2D eigenvalue weighted by Gasteiger charge is -2.17. The highest BCUT2D eigenvalue weighted by Crippen LogP contribution is 2.08. The molecule has 40 heavy (non-hydrogen) atoms. The molecule has 0 aliphatic carbocycles. The monoisotopic (exact) mass is 547 g/mol. The van der Waals surface area contributed by atoms with E-state index in [0.29, 0.717) is 11.4 Å². The van der Waals surface area contributed by atoms with Crippen molar-refractivity contribution in [3.63, 3.8) is 0 Å². The Balaban J connectivity index is 1.50. The Bertz CT molecular complexity index is 1270. The van der Waals surface area contributed by atoms with Gasteiger partial charge in [0.1, 0.15) is 12.6 Å². The highest BCUT2D eigenvalue weighted by Gasteiger charge is 2.25. The van der Waals surface area contributed by atoms with E-state index in [9.17, 15) is 24.0 Å². The van der Waals surface area contributed by atoms with Gasteiger partial charge >= 0.3 is 18.0 Å². The fourth-order valence-electron chi connectivity index (χ4n) is 3.31. The van der Waals surface area contributed by atoms with Crippen molar-refractivity contribution in [1.29, 1.82) is 0 Å². The number of anilines is 2. The van der Waals surface area contributed by atoms with E-state index >= 15 is 0 Å². The van der Waals surface area contributed by atoms with Crippen LogP contribution in [0.3, 0.4) is 0 Å². The Morgan fingerprint density at radius 1 is 0.625 bits per heavy atom. The summed E-state index contributed by atoms with van der Waals surface area (Å²) in [5.74, 6) is -2.85. The SMILES string of the molecule is O=C(COC(=O)CC[C@@H](NC(=O)OCc1ccccc1)C(=O)OCC(=O)Nc1ccccc1)Nc1ccccc1. The molecule has 0 saturated heterocycles. The Kier molecular flexibility index (Phi) is 11.7. The van der Waals surface area contributed by atoms with Crippen LogP contribution in [-0.2, 0) is 40.0 Å². The van der Waals surface area contributed by atoms with Gasteiger partial charge in [-0.15, -0.1) is 0 Å². The Morgan fingerprint density at radius 2 is 1.12 bits per heavy atom. The van der Waals surface area contributed by atoms with E-state index in [1.54, 1.807) is 84.9 Å². The minimum Gasteiger partial charge on any atom is -0.456 e. The van der Waals surface area contributed by atoms with Gasteiger partial charge in [-0.1, -0.05) is 66.7 Å². The average molecular weight is 548 g/mol. The van der Waals surface area contributed by atoms with Gasteiger partial charge in [0.2, 0.25) is 0 Å². The van der Waals surface area contributed by atoms with Gasteiger partial charge in [0.25, 0.3) is 11.8 Å². The molecule has 3 N–H and O–H groups in total. The number of para-hydroxylation sites is 2. The van der Waals surface area contributed by atoms with Crippen molar-refractivity contribution in [2.75, 3.05) is 23.8 Å². The van der Waals surface area contributed by atoms with Crippen molar-refractivity contribution in [3.8, 4) is 0 Å². The maximum Gasteiger partial charge on any atom is 0.408 e. The van der Waals surface area contributed by atoms with Crippen LogP contribution in [0.5, 0.6) is 0 Å². The second-order valence-corrected chi connectivity index (χ2v) is 8.39. The topological polar surface area (TPSA) is 149 Å². The van der Waals surface area contributed by atoms with Gasteiger partial charge in [0, 0.05) is 17.8 Å². The second-order valence-electron chi connectivity index (χ2n) is 8.39.